The number of aryl methyl sites for hydroxylation is 2. The highest BCUT2D eigenvalue weighted by molar-refractivity contribution is 5.96. The van der Waals surface area contributed by atoms with Crippen LogP contribution in [0.5, 0.6) is 0 Å². The van der Waals surface area contributed by atoms with Gasteiger partial charge in [-0.25, -0.2) is 0 Å². The summed E-state index contributed by atoms with van der Waals surface area (Å²) in [4.78, 5) is 22.8. The summed E-state index contributed by atoms with van der Waals surface area (Å²) in [5, 5.41) is 3.93. The van der Waals surface area contributed by atoms with Gasteiger partial charge in [-0.3, -0.25) is 9.59 Å². The van der Waals surface area contributed by atoms with E-state index in [1.807, 2.05) is 13.8 Å². The average molecular weight is 288 g/mol. The Balaban J connectivity index is 2.47. The molecule has 0 heterocycles. The normalized spacial score (nSPS) is 11.1. The van der Waals surface area contributed by atoms with Crippen molar-refractivity contribution in [3.05, 3.63) is 34.9 Å². The van der Waals surface area contributed by atoms with Crippen molar-refractivity contribution in [2.24, 2.45) is 0 Å². The molecule has 0 aliphatic rings. The van der Waals surface area contributed by atoms with Crippen molar-refractivity contribution in [3.63, 3.8) is 0 Å². The van der Waals surface area contributed by atoms with Gasteiger partial charge in [-0.15, -0.1) is 0 Å². The van der Waals surface area contributed by atoms with Crippen LogP contribution >= 0.6 is 0 Å². The zero-order valence-corrected chi connectivity index (χ0v) is 11.1. The molecule has 0 bridgehead atoms. The Morgan fingerprint density at radius 2 is 1.75 bits per heavy atom. The van der Waals surface area contributed by atoms with Crippen LogP contribution in [0.15, 0.2) is 18.2 Å². The summed E-state index contributed by atoms with van der Waals surface area (Å²) in [7, 11) is 0. The molecule has 2 N–H and O–H groups in total. The molecule has 1 rings (SSSR count). The van der Waals surface area contributed by atoms with Gasteiger partial charge in [-0.05, 0) is 37.1 Å². The first kappa shape index (κ1) is 16.0. The lowest BCUT2D eigenvalue weighted by molar-refractivity contribution is -0.137. The third-order valence-corrected chi connectivity index (χ3v) is 2.66. The fourth-order valence-corrected chi connectivity index (χ4v) is 1.41. The highest BCUT2D eigenvalue weighted by Crippen LogP contribution is 2.12. The Labute approximate surface area is 114 Å². The number of hydrogen-bond acceptors (Lipinski definition) is 2. The summed E-state index contributed by atoms with van der Waals surface area (Å²) in [5.41, 5.74) is 2.29. The van der Waals surface area contributed by atoms with E-state index in [0.29, 0.717) is 5.56 Å². The van der Waals surface area contributed by atoms with Gasteiger partial charge >= 0.3 is 6.18 Å². The molecule has 0 radical (unpaired) electrons. The molecule has 4 nitrogen and oxygen atoms in total. The molecule has 0 saturated heterocycles. The third kappa shape index (κ3) is 5.29. The van der Waals surface area contributed by atoms with Crippen LogP contribution in [0.2, 0.25) is 0 Å². The number of carbonyl (C=O) groups excluding carboxylic acids is 2. The van der Waals surface area contributed by atoms with Gasteiger partial charge in [0.1, 0.15) is 6.54 Å². The maximum atomic E-state index is 11.9. The van der Waals surface area contributed by atoms with Gasteiger partial charge in [-0.2, -0.15) is 13.2 Å². The number of alkyl halides is 3. The monoisotopic (exact) mass is 288 g/mol. The maximum absolute atomic E-state index is 11.9. The van der Waals surface area contributed by atoms with E-state index < -0.39 is 31.1 Å². The fourth-order valence-electron chi connectivity index (χ4n) is 1.41. The molecule has 0 aliphatic carbocycles. The van der Waals surface area contributed by atoms with Crippen molar-refractivity contribution in [1.29, 1.82) is 0 Å². The zero-order valence-electron chi connectivity index (χ0n) is 11.1. The first-order valence-corrected chi connectivity index (χ1v) is 5.88. The summed E-state index contributed by atoms with van der Waals surface area (Å²) in [5.74, 6) is -1.39. The minimum atomic E-state index is -4.46. The number of amides is 2. The molecule has 1 aromatic rings. The number of rotatable bonds is 4. The minimum Gasteiger partial charge on any atom is -0.345 e. The molecule has 0 atom stereocenters. The summed E-state index contributed by atoms with van der Waals surface area (Å²) in [6, 6.07) is 5.00. The van der Waals surface area contributed by atoms with Crippen LogP contribution in [0.4, 0.5) is 13.2 Å². The number of benzene rings is 1. The second-order valence-electron chi connectivity index (χ2n) is 4.37. The topological polar surface area (TPSA) is 58.2 Å². The van der Waals surface area contributed by atoms with Crippen molar-refractivity contribution in [2.75, 3.05) is 13.1 Å². The van der Waals surface area contributed by atoms with Gasteiger partial charge in [0.05, 0.1) is 6.54 Å². The van der Waals surface area contributed by atoms with Gasteiger partial charge in [0, 0.05) is 5.56 Å². The average Bonchev–Trinajstić information content (AvgIpc) is 2.36. The summed E-state index contributed by atoms with van der Waals surface area (Å²) >= 11 is 0. The number of hydrogen-bond donors (Lipinski definition) is 2. The lowest BCUT2D eigenvalue weighted by Crippen LogP contribution is -2.40. The van der Waals surface area contributed by atoms with E-state index in [1.165, 1.54) is 0 Å². The van der Waals surface area contributed by atoms with Crippen molar-refractivity contribution in [2.45, 2.75) is 20.0 Å². The minimum absolute atomic E-state index is 0.358. The SMILES string of the molecule is Cc1ccc(C(=O)NCC(=O)NCC(F)(F)F)cc1C. The molecular formula is C13H15F3N2O2. The number of carbonyl (C=O) groups is 2. The van der Waals surface area contributed by atoms with Gasteiger partial charge in [0.15, 0.2) is 0 Å². The zero-order chi connectivity index (χ0) is 15.3. The molecular weight excluding hydrogens is 273 g/mol. The highest BCUT2D eigenvalue weighted by Gasteiger charge is 2.27. The second-order valence-corrected chi connectivity index (χ2v) is 4.37. The first-order chi connectivity index (χ1) is 9.19. The standard InChI is InChI=1S/C13H15F3N2O2/c1-8-3-4-10(5-9(8)2)12(20)17-6-11(19)18-7-13(14,15)16/h3-5H,6-7H2,1-2H3,(H,17,20)(H,18,19). The Hall–Kier alpha value is -2.05. The Morgan fingerprint density at radius 3 is 2.30 bits per heavy atom. The van der Waals surface area contributed by atoms with Crippen LogP contribution in [-0.4, -0.2) is 31.1 Å². The summed E-state index contributed by atoms with van der Waals surface area (Å²) < 4.78 is 35.6. The molecule has 110 valence electrons. The van der Waals surface area contributed by atoms with Gasteiger partial charge in [-0.1, -0.05) is 6.07 Å². The van der Waals surface area contributed by atoms with Crippen LogP contribution in [0.25, 0.3) is 0 Å². The second kappa shape index (κ2) is 6.40. The van der Waals surface area contributed by atoms with E-state index in [2.05, 4.69) is 5.32 Å². The van der Waals surface area contributed by atoms with Gasteiger partial charge in [0.25, 0.3) is 5.91 Å². The van der Waals surface area contributed by atoms with E-state index in [0.717, 1.165) is 11.1 Å². The molecule has 0 spiro atoms. The fraction of sp³-hybridized carbons (Fsp3) is 0.385. The smallest absolute Gasteiger partial charge is 0.345 e. The lowest BCUT2D eigenvalue weighted by Gasteiger charge is -2.09. The molecule has 20 heavy (non-hydrogen) atoms. The van der Waals surface area contributed by atoms with Gasteiger partial charge < -0.3 is 10.6 Å². The van der Waals surface area contributed by atoms with E-state index in [-0.39, 0.29) is 0 Å². The quantitative estimate of drug-likeness (QED) is 0.886. The van der Waals surface area contributed by atoms with Crippen molar-refractivity contribution in [3.8, 4) is 0 Å². The van der Waals surface area contributed by atoms with Crippen molar-refractivity contribution in [1.82, 2.24) is 10.6 Å². The van der Waals surface area contributed by atoms with Crippen LogP contribution in [-0.2, 0) is 4.79 Å². The lowest BCUT2D eigenvalue weighted by atomic mass is 10.1. The Morgan fingerprint density at radius 1 is 1.10 bits per heavy atom. The largest absolute Gasteiger partial charge is 0.405 e. The highest BCUT2D eigenvalue weighted by atomic mass is 19.4. The molecule has 0 aliphatic heterocycles. The molecule has 2 amide bonds. The molecule has 0 saturated carbocycles. The van der Waals surface area contributed by atoms with E-state index in [4.69, 9.17) is 0 Å². The summed E-state index contributed by atoms with van der Waals surface area (Å²) in [6.07, 6.45) is -4.46. The Kier molecular flexibility index (Phi) is 5.12. The van der Waals surface area contributed by atoms with Gasteiger partial charge in [0.2, 0.25) is 5.91 Å². The van der Waals surface area contributed by atoms with Crippen LogP contribution in [0.1, 0.15) is 21.5 Å². The number of nitrogens with one attached hydrogen (secondary N) is 2. The van der Waals surface area contributed by atoms with Crippen LogP contribution in [0.3, 0.4) is 0 Å². The first-order valence-electron chi connectivity index (χ1n) is 5.88. The van der Waals surface area contributed by atoms with E-state index in [9.17, 15) is 22.8 Å². The van der Waals surface area contributed by atoms with Crippen LogP contribution in [0, 0.1) is 13.8 Å². The van der Waals surface area contributed by atoms with Crippen LogP contribution < -0.4 is 10.6 Å². The number of halogens is 3. The Bertz CT molecular complexity index is 513. The maximum Gasteiger partial charge on any atom is 0.405 e. The predicted octanol–water partition coefficient (Wildman–Crippen LogP) is 1.71. The third-order valence-electron chi connectivity index (χ3n) is 2.66. The molecule has 0 aromatic heterocycles. The summed E-state index contributed by atoms with van der Waals surface area (Å²) in [6.45, 7) is 1.82. The molecule has 0 unspecified atom stereocenters. The molecule has 7 heteroatoms. The van der Waals surface area contributed by atoms with E-state index >= 15 is 0 Å². The predicted molar refractivity (Wildman–Crippen MR) is 67.3 cm³/mol. The van der Waals surface area contributed by atoms with Crippen molar-refractivity contribution >= 4 is 11.8 Å². The van der Waals surface area contributed by atoms with Crippen molar-refractivity contribution < 1.29 is 22.8 Å². The molecule has 1 aromatic carbocycles. The van der Waals surface area contributed by atoms with E-state index in [1.54, 1.807) is 23.5 Å². The molecule has 0 fully saturated rings.